The van der Waals surface area contributed by atoms with Crippen molar-refractivity contribution in [2.24, 2.45) is 0 Å². The van der Waals surface area contributed by atoms with Gasteiger partial charge in [0, 0.05) is 4.47 Å². The number of halogens is 2. The summed E-state index contributed by atoms with van der Waals surface area (Å²) in [5, 5.41) is 0.373. The topological polar surface area (TPSA) is 74.3 Å². The van der Waals surface area contributed by atoms with Gasteiger partial charge in [-0.25, -0.2) is 4.79 Å². The molecule has 1 heterocycles. The Balaban J connectivity index is 1.90. The average Bonchev–Trinajstić information content (AvgIpc) is 3.05. The van der Waals surface area contributed by atoms with Gasteiger partial charge in [0.1, 0.15) is 5.75 Å². The molecule has 1 saturated heterocycles. The van der Waals surface area contributed by atoms with Gasteiger partial charge < -0.3 is 18.9 Å². The van der Waals surface area contributed by atoms with Crippen molar-refractivity contribution in [3.8, 4) is 17.2 Å². The van der Waals surface area contributed by atoms with E-state index in [-0.39, 0.29) is 12.5 Å². The Hall–Kier alpha value is -2.27. The molecular weight excluding hydrogens is 542 g/mol. The third kappa shape index (κ3) is 5.20. The van der Waals surface area contributed by atoms with Gasteiger partial charge in [0.25, 0.3) is 5.91 Å². The maximum Gasteiger partial charge on any atom is 0.343 e. The molecule has 1 amide bonds. The number of hydrogen-bond donors (Lipinski definition) is 0. The molecule has 2 aromatic rings. The third-order valence-electron chi connectivity index (χ3n) is 4.33. The van der Waals surface area contributed by atoms with Crippen molar-refractivity contribution in [2.45, 2.75) is 0 Å². The van der Waals surface area contributed by atoms with E-state index in [1.807, 2.05) is 0 Å². The first kappa shape index (κ1) is 24.4. The Morgan fingerprint density at radius 1 is 1.16 bits per heavy atom. The zero-order valence-electron chi connectivity index (χ0n) is 17.1. The predicted molar refractivity (Wildman–Crippen MR) is 132 cm³/mol. The number of amides is 1. The molecule has 0 saturated carbocycles. The van der Waals surface area contributed by atoms with Gasteiger partial charge in [0.2, 0.25) is 0 Å². The van der Waals surface area contributed by atoms with Gasteiger partial charge in [0.15, 0.2) is 22.4 Å². The molecule has 1 aliphatic heterocycles. The lowest BCUT2D eigenvalue weighted by atomic mass is 10.1. The zero-order valence-corrected chi connectivity index (χ0v) is 21.1. The minimum Gasteiger partial charge on any atom is -0.495 e. The van der Waals surface area contributed by atoms with Gasteiger partial charge in [-0.2, -0.15) is 0 Å². The number of thioether (sulfide) groups is 1. The van der Waals surface area contributed by atoms with E-state index >= 15 is 0 Å². The first-order valence-electron chi connectivity index (χ1n) is 8.97. The molecule has 7 nitrogen and oxygen atoms in total. The molecule has 11 heteroatoms. The Morgan fingerprint density at radius 2 is 1.88 bits per heavy atom. The average molecular weight is 559 g/mol. The van der Waals surface area contributed by atoms with Crippen molar-refractivity contribution in [3.05, 3.63) is 50.3 Å². The van der Waals surface area contributed by atoms with E-state index in [4.69, 9.17) is 38.0 Å². The van der Waals surface area contributed by atoms with E-state index in [1.165, 1.54) is 38.0 Å². The van der Waals surface area contributed by atoms with Crippen LogP contribution in [-0.4, -0.2) is 44.1 Å². The highest BCUT2D eigenvalue weighted by atomic mass is 79.9. The molecule has 1 aliphatic rings. The number of esters is 1. The molecule has 1 fully saturated rings. The van der Waals surface area contributed by atoms with Crippen LogP contribution in [0, 0.1) is 0 Å². The summed E-state index contributed by atoms with van der Waals surface area (Å²) in [6.45, 7) is -0.262. The van der Waals surface area contributed by atoms with Crippen molar-refractivity contribution in [1.29, 1.82) is 0 Å². The molecule has 0 aromatic heterocycles. The summed E-state index contributed by atoms with van der Waals surface area (Å²) in [7, 11) is 4.27. The number of hydrogen-bond acceptors (Lipinski definition) is 8. The molecule has 0 N–H and O–H groups in total. The quantitative estimate of drug-likeness (QED) is 0.265. The van der Waals surface area contributed by atoms with Crippen LogP contribution in [0.4, 0.5) is 5.69 Å². The van der Waals surface area contributed by atoms with Crippen molar-refractivity contribution < 1.29 is 28.5 Å². The third-order valence-corrected chi connectivity index (χ3v) is 6.61. The summed E-state index contributed by atoms with van der Waals surface area (Å²) in [6.07, 6.45) is 1.70. The van der Waals surface area contributed by atoms with Crippen LogP contribution in [0.2, 0.25) is 5.02 Å². The fourth-order valence-corrected chi connectivity index (χ4v) is 4.73. The highest BCUT2D eigenvalue weighted by Gasteiger charge is 2.34. The van der Waals surface area contributed by atoms with Gasteiger partial charge in [0.05, 0.1) is 36.9 Å². The van der Waals surface area contributed by atoms with Crippen LogP contribution in [0.3, 0.4) is 0 Å². The number of benzene rings is 2. The van der Waals surface area contributed by atoms with E-state index in [1.54, 1.807) is 36.4 Å². The molecule has 0 spiro atoms. The second kappa shape index (κ2) is 10.6. The zero-order chi connectivity index (χ0) is 23.4. The summed E-state index contributed by atoms with van der Waals surface area (Å²) in [4.78, 5) is 26.3. The Labute approximate surface area is 207 Å². The Morgan fingerprint density at radius 3 is 2.50 bits per heavy atom. The normalized spacial score (nSPS) is 14.7. The van der Waals surface area contributed by atoms with Gasteiger partial charge >= 0.3 is 5.97 Å². The number of carbonyl (C=O) groups excluding carboxylic acids is 2. The molecule has 0 atom stereocenters. The number of nitrogens with zero attached hydrogens (tertiary/aromatic N) is 1. The molecule has 168 valence electrons. The number of rotatable bonds is 7. The molecular formula is C21H17BrClNO6S2. The van der Waals surface area contributed by atoms with Crippen LogP contribution in [0.5, 0.6) is 17.2 Å². The largest absolute Gasteiger partial charge is 0.495 e. The van der Waals surface area contributed by atoms with Crippen LogP contribution < -0.4 is 19.1 Å². The Bertz CT molecular complexity index is 1120. The number of anilines is 1. The monoisotopic (exact) mass is 557 g/mol. The van der Waals surface area contributed by atoms with Crippen LogP contribution in [0.25, 0.3) is 6.08 Å². The molecule has 0 unspecified atom stereocenters. The maximum atomic E-state index is 13.1. The summed E-state index contributed by atoms with van der Waals surface area (Å²) >= 11 is 16.3. The number of carbonyl (C=O) groups is 2. The lowest BCUT2D eigenvalue weighted by Crippen LogP contribution is -2.27. The molecule has 0 aliphatic carbocycles. The summed E-state index contributed by atoms with van der Waals surface area (Å²) in [5.41, 5.74) is 1.21. The van der Waals surface area contributed by atoms with Gasteiger partial charge in [-0.3, -0.25) is 9.69 Å². The van der Waals surface area contributed by atoms with E-state index in [2.05, 4.69) is 20.7 Å². The number of ether oxygens (including phenoxy) is 4. The van der Waals surface area contributed by atoms with E-state index in [0.717, 1.165) is 0 Å². The fourth-order valence-electron chi connectivity index (χ4n) is 2.76. The van der Waals surface area contributed by atoms with E-state index in [0.29, 0.717) is 47.2 Å². The highest BCUT2D eigenvalue weighted by molar-refractivity contribution is 9.10. The Kier molecular flexibility index (Phi) is 8.05. The lowest BCUT2D eigenvalue weighted by molar-refractivity contribution is -0.142. The van der Waals surface area contributed by atoms with Crippen LogP contribution >= 0.6 is 51.5 Å². The van der Waals surface area contributed by atoms with Crippen LogP contribution in [-0.2, 0) is 14.3 Å². The fraction of sp³-hybridized carbons (Fsp3) is 0.190. The van der Waals surface area contributed by atoms with Crippen molar-refractivity contribution in [2.75, 3.05) is 32.8 Å². The van der Waals surface area contributed by atoms with Crippen molar-refractivity contribution in [3.63, 3.8) is 0 Å². The molecule has 2 aromatic carbocycles. The van der Waals surface area contributed by atoms with Gasteiger partial charge in [-0.05, 0) is 42.0 Å². The second-order valence-electron chi connectivity index (χ2n) is 6.23. The summed E-state index contributed by atoms with van der Waals surface area (Å²) < 4.78 is 21.6. The SMILES string of the molecule is COC(=O)COc1cc(Br)c(/C=C2/SC(=S)N(c3ccc(OC)c(Cl)c3)C2=O)cc1OC. The number of thiocarbonyl (C=S) groups is 1. The van der Waals surface area contributed by atoms with Crippen LogP contribution in [0.15, 0.2) is 39.7 Å². The first-order chi connectivity index (χ1) is 15.3. The minimum atomic E-state index is -0.519. The molecule has 0 bridgehead atoms. The van der Waals surface area contributed by atoms with Crippen LogP contribution in [0.1, 0.15) is 5.56 Å². The van der Waals surface area contributed by atoms with Crippen molar-refractivity contribution >= 4 is 79.5 Å². The number of methoxy groups -OCH3 is 3. The highest BCUT2D eigenvalue weighted by Crippen LogP contribution is 2.40. The second-order valence-corrected chi connectivity index (χ2v) is 9.16. The van der Waals surface area contributed by atoms with Crippen molar-refractivity contribution in [1.82, 2.24) is 0 Å². The standard InChI is InChI=1S/C21H17BrClNO6S2/c1-27-15-5-4-12(8-14(15)23)24-20(26)18(32-21(24)31)7-11-6-16(28-2)17(9-13(11)22)30-10-19(25)29-3/h4-9H,10H2,1-3H3/b18-7+. The summed E-state index contributed by atoms with van der Waals surface area (Å²) in [6, 6.07) is 8.35. The minimum absolute atomic E-state index is 0.262. The maximum absolute atomic E-state index is 13.1. The van der Waals surface area contributed by atoms with Gasteiger partial charge in [-0.15, -0.1) is 0 Å². The van der Waals surface area contributed by atoms with Gasteiger partial charge in [-0.1, -0.05) is 51.5 Å². The predicted octanol–water partition coefficient (Wildman–Crippen LogP) is 5.08. The molecule has 32 heavy (non-hydrogen) atoms. The first-order valence-corrected chi connectivity index (χ1v) is 11.4. The lowest BCUT2D eigenvalue weighted by Gasteiger charge is -2.15. The molecule has 3 rings (SSSR count). The molecule has 0 radical (unpaired) electrons. The summed E-state index contributed by atoms with van der Waals surface area (Å²) in [5.74, 6) is 0.442. The van der Waals surface area contributed by atoms with E-state index < -0.39 is 5.97 Å². The smallest absolute Gasteiger partial charge is 0.343 e. The van der Waals surface area contributed by atoms with E-state index in [9.17, 15) is 9.59 Å².